The Kier molecular flexibility index (Phi) is 3.65. The van der Waals surface area contributed by atoms with Crippen LogP contribution in [0.3, 0.4) is 0 Å². The van der Waals surface area contributed by atoms with Crippen LogP contribution in [0.4, 0.5) is 0 Å². The van der Waals surface area contributed by atoms with Gasteiger partial charge in [-0.3, -0.25) is 4.79 Å². The highest BCUT2D eigenvalue weighted by Crippen LogP contribution is 1.93. The number of hydrogen-bond acceptors (Lipinski definition) is 4. The van der Waals surface area contributed by atoms with Crippen molar-refractivity contribution in [2.75, 3.05) is 0 Å². The highest BCUT2D eigenvalue weighted by atomic mass is 32.1. The van der Waals surface area contributed by atoms with Gasteiger partial charge in [-0.2, -0.15) is 5.26 Å². The quantitative estimate of drug-likeness (QED) is 0.726. The van der Waals surface area contributed by atoms with Crippen LogP contribution in [0.2, 0.25) is 0 Å². The van der Waals surface area contributed by atoms with Gasteiger partial charge in [0.2, 0.25) is 0 Å². The Balaban J connectivity index is 3.00. The summed E-state index contributed by atoms with van der Waals surface area (Å²) in [4.78, 5) is 22.3. The first-order valence-electron chi connectivity index (χ1n) is 4.38. The molecule has 0 radical (unpaired) electrons. The fourth-order valence-corrected chi connectivity index (χ4v) is 1.87. The maximum atomic E-state index is 11.5. The van der Waals surface area contributed by atoms with Gasteiger partial charge in [-0.1, -0.05) is 13.3 Å². The van der Waals surface area contributed by atoms with Crippen molar-refractivity contribution < 1.29 is 0 Å². The van der Waals surface area contributed by atoms with Crippen LogP contribution >= 0.6 is 11.5 Å². The first-order chi connectivity index (χ1) is 6.70. The number of unbranched alkanes of at least 4 members (excludes halogenated alkanes) is 1. The maximum absolute atomic E-state index is 11.5. The number of hydrogen-bond donors (Lipinski definition) is 0. The minimum Gasteiger partial charge on any atom is -0.255 e. The van der Waals surface area contributed by atoms with Gasteiger partial charge in [0.05, 0.1) is 6.07 Å². The Morgan fingerprint density at radius 1 is 1.50 bits per heavy atom. The summed E-state index contributed by atoms with van der Waals surface area (Å²) in [7, 11) is 0. The van der Waals surface area contributed by atoms with Gasteiger partial charge in [0.1, 0.15) is 6.54 Å². The Hall–Kier alpha value is -1.35. The van der Waals surface area contributed by atoms with E-state index in [1.54, 1.807) is 6.07 Å². The predicted octanol–water partition coefficient (Wildman–Crippen LogP) is 0.395. The number of nitrogens with zero attached hydrogens (tertiary/aromatic N) is 3. The average molecular weight is 213 g/mol. The minimum atomic E-state index is -0.366. The van der Waals surface area contributed by atoms with E-state index in [2.05, 4.69) is 0 Å². The summed E-state index contributed by atoms with van der Waals surface area (Å²) < 4.78 is 2.36. The van der Waals surface area contributed by atoms with Crippen molar-refractivity contribution in [3.05, 3.63) is 20.2 Å². The molecule has 1 rings (SSSR count). The molecule has 0 saturated heterocycles. The van der Waals surface area contributed by atoms with E-state index in [0.29, 0.717) is 6.54 Å². The van der Waals surface area contributed by atoms with Gasteiger partial charge in [-0.05, 0) is 6.42 Å². The third-order valence-corrected chi connectivity index (χ3v) is 2.73. The first kappa shape index (κ1) is 10.7. The van der Waals surface area contributed by atoms with Gasteiger partial charge >= 0.3 is 10.6 Å². The molecule has 0 atom stereocenters. The van der Waals surface area contributed by atoms with Crippen LogP contribution in [0.1, 0.15) is 19.8 Å². The molecule has 0 aromatic carbocycles. The molecule has 0 fully saturated rings. The molecule has 1 aromatic rings. The van der Waals surface area contributed by atoms with Crippen molar-refractivity contribution in [3.8, 4) is 6.07 Å². The molecular weight excluding hydrogens is 202 g/mol. The molecule has 0 unspecified atom stereocenters. The van der Waals surface area contributed by atoms with E-state index >= 15 is 0 Å². The lowest BCUT2D eigenvalue weighted by atomic mass is 10.3. The molecule has 5 nitrogen and oxygen atoms in total. The van der Waals surface area contributed by atoms with Crippen LogP contribution in [0.25, 0.3) is 0 Å². The van der Waals surface area contributed by atoms with Gasteiger partial charge in [-0.15, -0.1) is 0 Å². The third kappa shape index (κ3) is 2.12. The summed E-state index contributed by atoms with van der Waals surface area (Å²) in [6, 6.07) is 1.79. The molecule has 1 heterocycles. The normalized spacial score (nSPS) is 10.0. The zero-order chi connectivity index (χ0) is 10.6. The second-order valence-corrected chi connectivity index (χ2v) is 3.81. The fraction of sp³-hybridized carbons (Fsp3) is 0.625. The van der Waals surface area contributed by atoms with E-state index in [-0.39, 0.29) is 17.1 Å². The lowest BCUT2D eigenvalue weighted by molar-refractivity contribution is 0.619. The van der Waals surface area contributed by atoms with Gasteiger partial charge in [-0.25, -0.2) is 13.3 Å². The molecule has 1 aromatic heterocycles. The molecule has 0 aliphatic rings. The Morgan fingerprint density at radius 3 is 2.79 bits per heavy atom. The van der Waals surface area contributed by atoms with Crippen molar-refractivity contribution >= 4 is 11.5 Å². The van der Waals surface area contributed by atoms with Gasteiger partial charge in [0.25, 0.3) is 0 Å². The number of aryl methyl sites for hydroxylation is 1. The van der Waals surface area contributed by atoms with Crippen molar-refractivity contribution in [2.24, 2.45) is 0 Å². The lowest BCUT2D eigenvalue weighted by Gasteiger charge is -1.95. The standard InChI is InChI=1S/C8H11N3O2S/c1-2-3-5-11-7(12)10(6-4-9)8(13)14-11/h2-3,5-6H2,1H3. The van der Waals surface area contributed by atoms with Crippen LogP contribution in [0.5, 0.6) is 0 Å². The molecule has 0 saturated carbocycles. The molecule has 0 aliphatic carbocycles. The van der Waals surface area contributed by atoms with E-state index in [1.165, 1.54) is 3.96 Å². The Morgan fingerprint density at radius 2 is 2.21 bits per heavy atom. The molecule has 0 bridgehead atoms. The van der Waals surface area contributed by atoms with Crippen LogP contribution in [-0.2, 0) is 13.1 Å². The zero-order valence-corrected chi connectivity index (χ0v) is 8.71. The summed E-state index contributed by atoms with van der Waals surface area (Å²) in [5.41, 5.74) is -0.366. The highest BCUT2D eigenvalue weighted by molar-refractivity contribution is 7.03. The lowest BCUT2D eigenvalue weighted by Crippen LogP contribution is -2.28. The second-order valence-electron chi connectivity index (χ2n) is 2.84. The topological polar surface area (TPSA) is 67.8 Å². The second kappa shape index (κ2) is 4.77. The van der Waals surface area contributed by atoms with E-state index in [0.717, 1.165) is 28.9 Å². The summed E-state index contributed by atoms with van der Waals surface area (Å²) in [6.45, 7) is 2.42. The minimum absolute atomic E-state index is 0.159. The van der Waals surface area contributed by atoms with Crippen molar-refractivity contribution in [1.82, 2.24) is 8.52 Å². The van der Waals surface area contributed by atoms with Crippen LogP contribution in [0, 0.1) is 11.3 Å². The van der Waals surface area contributed by atoms with Gasteiger partial charge < -0.3 is 0 Å². The average Bonchev–Trinajstić information content (AvgIpc) is 2.43. The van der Waals surface area contributed by atoms with E-state index in [9.17, 15) is 9.59 Å². The van der Waals surface area contributed by atoms with Crippen LogP contribution in [-0.4, -0.2) is 8.52 Å². The van der Waals surface area contributed by atoms with Gasteiger partial charge in [0.15, 0.2) is 0 Å². The molecule has 0 N–H and O–H groups in total. The van der Waals surface area contributed by atoms with E-state index in [1.807, 2.05) is 6.92 Å². The molecule has 0 aliphatic heterocycles. The number of nitriles is 1. The molecule has 0 amide bonds. The summed E-state index contributed by atoms with van der Waals surface area (Å²) in [5, 5.41) is 8.40. The third-order valence-electron chi connectivity index (χ3n) is 1.80. The Labute approximate surface area is 85.0 Å². The zero-order valence-electron chi connectivity index (χ0n) is 7.89. The summed E-state index contributed by atoms with van der Waals surface area (Å²) >= 11 is 0.881. The number of rotatable bonds is 4. The maximum Gasteiger partial charge on any atom is 0.342 e. The summed E-state index contributed by atoms with van der Waals surface area (Å²) in [5.74, 6) is 0. The number of aromatic nitrogens is 2. The van der Waals surface area contributed by atoms with Crippen LogP contribution < -0.4 is 10.6 Å². The largest absolute Gasteiger partial charge is 0.342 e. The fourth-order valence-electron chi connectivity index (χ4n) is 1.04. The van der Waals surface area contributed by atoms with E-state index in [4.69, 9.17) is 5.26 Å². The van der Waals surface area contributed by atoms with Crippen molar-refractivity contribution in [1.29, 1.82) is 5.26 Å². The highest BCUT2D eigenvalue weighted by Gasteiger charge is 2.08. The van der Waals surface area contributed by atoms with Crippen LogP contribution in [0.15, 0.2) is 9.59 Å². The Bertz CT molecular complexity index is 448. The van der Waals surface area contributed by atoms with Crippen molar-refractivity contribution in [3.63, 3.8) is 0 Å². The SMILES string of the molecule is CCCCn1sc(=O)n(CC#N)c1=O. The summed E-state index contributed by atoms with van der Waals surface area (Å²) in [6.07, 6.45) is 1.84. The molecule has 76 valence electrons. The predicted molar refractivity (Wildman–Crippen MR) is 53.4 cm³/mol. The van der Waals surface area contributed by atoms with Crippen molar-refractivity contribution in [2.45, 2.75) is 32.9 Å². The first-order valence-corrected chi connectivity index (χ1v) is 5.16. The molecular formula is C8H11N3O2S. The molecule has 0 spiro atoms. The van der Waals surface area contributed by atoms with Gasteiger partial charge in [0, 0.05) is 18.1 Å². The monoisotopic (exact) mass is 213 g/mol. The smallest absolute Gasteiger partial charge is 0.255 e. The molecule has 6 heteroatoms. The van der Waals surface area contributed by atoms with E-state index < -0.39 is 0 Å². The molecule has 14 heavy (non-hydrogen) atoms.